The zero-order valence-electron chi connectivity index (χ0n) is 7.54. The fourth-order valence-electron chi connectivity index (χ4n) is 0.872. The van der Waals surface area contributed by atoms with Crippen LogP contribution in [0.15, 0.2) is 17.1 Å². The van der Waals surface area contributed by atoms with Gasteiger partial charge in [0.25, 0.3) is 0 Å². The van der Waals surface area contributed by atoms with E-state index in [0.717, 1.165) is 9.21 Å². The highest BCUT2D eigenvalue weighted by Crippen LogP contribution is 2.21. The van der Waals surface area contributed by atoms with Gasteiger partial charge in [-0.1, -0.05) is 11.6 Å². The summed E-state index contributed by atoms with van der Waals surface area (Å²) in [5.41, 5.74) is 2.56. The molecule has 0 atom stereocenters. The fraction of sp³-hybridized carbons (Fsp3) is 0.375. The average Bonchev–Trinajstić information content (AvgIpc) is 2.47. The summed E-state index contributed by atoms with van der Waals surface area (Å²) in [6.45, 7) is 3.99. The molecule has 0 unspecified atom stereocenters. The predicted octanol–water partition coefficient (Wildman–Crippen LogP) is 2.02. The third kappa shape index (κ3) is 2.99. The second-order valence-corrected chi connectivity index (χ2v) is 4.53. The minimum absolute atomic E-state index is 0.215. The van der Waals surface area contributed by atoms with Crippen molar-refractivity contribution >= 4 is 28.8 Å². The highest BCUT2D eigenvalue weighted by Gasteiger charge is 2.05. The number of amidine groups is 1. The third-order valence-corrected chi connectivity index (χ3v) is 2.57. The Morgan fingerprint density at radius 3 is 2.69 bits per heavy atom. The van der Waals surface area contributed by atoms with E-state index in [2.05, 4.69) is 10.4 Å². The second kappa shape index (κ2) is 4.60. The molecule has 0 aliphatic carbocycles. The molecule has 0 radical (unpaired) electrons. The maximum absolute atomic E-state index is 5.79. The number of nitrogens with one attached hydrogen (secondary N) is 1. The summed E-state index contributed by atoms with van der Waals surface area (Å²) < 4.78 is 0.738. The maximum Gasteiger partial charge on any atom is 0.153 e. The van der Waals surface area contributed by atoms with Crippen LogP contribution >= 0.6 is 22.9 Å². The summed E-state index contributed by atoms with van der Waals surface area (Å²) in [6, 6.07) is 3.94. The molecule has 0 amide bonds. The highest BCUT2D eigenvalue weighted by molar-refractivity contribution is 7.18. The van der Waals surface area contributed by atoms with Crippen LogP contribution in [0, 0.1) is 0 Å². The molecule has 0 aromatic carbocycles. The minimum Gasteiger partial charge on any atom is -0.308 e. The van der Waals surface area contributed by atoms with E-state index < -0.39 is 0 Å². The van der Waals surface area contributed by atoms with E-state index in [1.54, 1.807) is 0 Å². The molecule has 5 heteroatoms. The minimum atomic E-state index is 0.215. The van der Waals surface area contributed by atoms with Crippen LogP contribution in [0.5, 0.6) is 0 Å². The van der Waals surface area contributed by atoms with Crippen molar-refractivity contribution in [3.8, 4) is 0 Å². The molecule has 72 valence electrons. The van der Waals surface area contributed by atoms with Crippen LogP contribution in [-0.4, -0.2) is 11.9 Å². The number of hydrogen-bond donors (Lipinski definition) is 2. The van der Waals surface area contributed by atoms with Crippen molar-refractivity contribution in [2.24, 2.45) is 10.8 Å². The number of rotatable bonds is 2. The lowest BCUT2D eigenvalue weighted by Crippen LogP contribution is -2.31. The number of aliphatic imine (C=N–C) groups is 1. The van der Waals surface area contributed by atoms with E-state index >= 15 is 0 Å². The lowest BCUT2D eigenvalue weighted by molar-refractivity contribution is 0.821. The molecule has 1 aromatic rings. The van der Waals surface area contributed by atoms with Crippen molar-refractivity contribution in [3.05, 3.63) is 21.3 Å². The van der Waals surface area contributed by atoms with Crippen molar-refractivity contribution in [3.63, 3.8) is 0 Å². The van der Waals surface area contributed by atoms with E-state index in [0.29, 0.717) is 5.84 Å². The number of hydrogen-bond acceptors (Lipinski definition) is 3. The lowest BCUT2D eigenvalue weighted by Gasteiger charge is -2.04. The van der Waals surface area contributed by atoms with Gasteiger partial charge in [0, 0.05) is 6.04 Å². The molecule has 3 nitrogen and oxygen atoms in total. The number of nitrogens with zero attached hydrogens (tertiary/aromatic N) is 1. The van der Waals surface area contributed by atoms with Gasteiger partial charge >= 0.3 is 0 Å². The van der Waals surface area contributed by atoms with Gasteiger partial charge in [0.1, 0.15) is 0 Å². The Labute approximate surface area is 86.6 Å². The van der Waals surface area contributed by atoms with Crippen LogP contribution in [0.2, 0.25) is 4.34 Å². The van der Waals surface area contributed by atoms with E-state index in [1.807, 2.05) is 26.0 Å². The second-order valence-electron chi connectivity index (χ2n) is 2.82. The Hall–Kier alpha value is -0.580. The largest absolute Gasteiger partial charge is 0.308 e. The molecule has 0 aliphatic heterocycles. The quantitative estimate of drug-likeness (QED) is 0.345. The van der Waals surface area contributed by atoms with Crippen LogP contribution in [0.3, 0.4) is 0 Å². The molecule has 0 spiro atoms. The van der Waals surface area contributed by atoms with Gasteiger partial charge in [-0.2, -0.15) is 0 Å². The molecular weight excluding hydrogens is 206 g/mol. The molecule has 13 heavy (non-hydrogen) atoms. The Kier molecular flexibility index (Phi) is 3.71. The molecular formula is C8H12ClN3S. The monoisotopic (exact) mass is 217 g/mol. The summed E-state index contributed by atoms with van der Waals surface area (Å²) in [5, 5.41) is 0. The zero-order valence-corrected chi connectivity index (χ0v) is 9.12. The van der Waals surface area contributed by atoms with Gasteiger partial charge in [-0.05, 0) is 26.0 Å². The molecule has 1 heterocycles. The zero-order chi connectivity index (χ0) is 9.84. The summed E-state index contributed by atoms with van der Waals surface area (Å²) in [7, 11) is 0. The van der Waals surface area contributed by atoms with Crippen LogP contribution in [-0.2, 0) is 0 Å². The smallest absolute Gasteiger partial charge is 0.153 e. The molecule has 0 bridgehead atoms. The molecule has 1 rings (SSSR count). The first-order valence-electron chi connectivity index (χ1n) is 3.93. The van der Waals surface area contributed by atoms with Gasteiger partial charge in [-0.15, -0.1) is 11.3 Å². The topological polar surface area (TPSA) is 50.4 Å². The van der Waals surface area contributed by atoms with Crippen LogP contribution < -0.4 is 11.3 Å². The van der Waals surface area contributed by atoms with Crippen LogP contribution in [0.4, 0.5) is 0 Å². The van der Waals surface area contributed by atoms with Crippen LogP contribution in [0.25, 0.3) is 0 Å². The van der Waals surface area contributed by atoms with Crippen LogP contribution in [0.1, 0.15) is 18.7 Å². The first-order chi connectivity index (χ1) is 6.13. The van der Waals surface area contributed by atoms with Gasteiger partial charge < -0.3 is 5.43 Å². The number of nitrogens with two attached hydrogens (primary N) is 1. The van der Waals surface area contributed by atoms with Crippen molar-refractivity contribution in [1.29, 1.82) is 0 Å². The third-order valence-electron chi connectivity index (χ3n) is 1.33. The Morgan fingerprint density at radius 1 is 1.62 bits per heavy atom. The van der Waals surface area contributed by atoms with Gasteiger partial charge in [0.05, 0.1) is 9.21 Å². The number of halogens is 1. The average molecular weight is 218 g/mol. The Morgan fingerprint density at radius 2 is 2.31 bits per heavy atom. The molecule has 0 fully saturated rings. The van der Waals surface area contributed by atoms with Gasteiger partial charge in [0.2, 0.25) is 0 Å². The molecule has 0 aliphatic rings. The number of hydrazine groups is 1. The van der Waals surface area contributed by atoms with E-state index in [4.69, 9.17) is 17.4 Å². The standard InChI is InChI=1S/C8H12ClN3S/c1-5(2)11-8(12-10)6-3-4-7(9)13-6/h3-5H,10H2,1-2H3,(H,11,12). The summed E-state index contributed by atoms with van der Waals surface area (Å²) in [4.78, 5) is 5.27. The molecule has 0 saturated heterocycles. The normalized spacial score (nSPS) is 12.2. The Bertz CT molecular complexity index is 306. The Balaban J connectivity index is 2.90. The van der Waals surface area contributed by atoms with Crippen molar-refractivity contribution in [1.82, 2.24) is 5.43 Å². The SMILES string of the molecule is CC(C)N=C(NN)c1ccc(Cl)s1. The molecule has 1 aromatic heterocycles. The van der Waals surface area contributed by atoms with E-state index in [1.165, 1.54) is 11.3 Å². The van der Waals surface area contributed by atoms with Gasteiger partial charge in [-0.3, -0.25) is 4.99 Å². The van der Waals surface area contributed by atoms with Gasteiger partial charge in [-0.25, -0.2) is 5.84 Å². The summed E-state index contributed by atoms with van der Waals surface area (Å²) in [6.07, 6.45) is 0. The lowest BCUT2D eigenvalue weighted by atomic mass is 10.4. The summed E-state index contributed by atoms with van der Waals surface area (Å²) in [5.74, 6) is 6.03. The van der Waals surface area contributed by atoms with Crippen molar-refractivity contribution in [2.75, 3.05) is 0 Å². The number of thiophene rings is 1. The maximum atomic E-state index is 5.79. The van der Waals surface area contributed by atoms with E-state index in [9.17, 15) is 0 Å². The van der Waals surface area contributed by atoms with Gasteiger partial charge in [0.15, 0.2) is 5.84 Å². The highest BCUT2D eigenvalue weighted by atomic mass is 35.5. The predicted molar refractivity (Wildman–Crippen MR) is 58.3 cm³/mol. The van der Waals surface area contributed by atoms with Crippen molar-refractivity contribution < 1.29 is 0 Å². The summed E-state index contributed by atoms with van der Waals surface area (Å²) >= 11 is 7.25. The fourth-order valence-corrected chi connectivity index (χ4v) is 1.87. The van der Waals surface area contributed by atoms with E-state index in [-0.39, 0.29) is 6.04 Å². The first kappa shape index (κ1) is 10.5. The first-order valence-corrected chi connectivity index (χ1v) is 5.13. The molecule has 0 saturated carbocycles. The molecule has 3 N–H and O–H groups in total. The van der Waals surface area contributed by atoms with Crippen molar-refractivity contribution in [2.45, 2.75) is 19.9 Å².